The molecule has 0 aromatic heterocycles. The summed E-state index contributed by atoms with van der Waals surface area (Å²) >= 11 is 0. The standard InChI is InChI=1S/C13H16N2O5/c1-3-20-12(16)6-4-5-9-7-10(19-2)8-11(13(9)14)15(17)18/h4-5,7-8H,3,6,14H2,1-2H3. The van der Waals surface area contributed by atoms with Crippen LogP contribution in [0.15, 0.2) is 18.2 Å². The SMILES string of the molecule is CCOC(=O)CC=Cc1cc(OC)cc([N+](=O)[O-])c1N. The first-order valence-corrected chi connectivity index (χ1v) is 5.93. The Labute approximate surface area is 116 Å². The molecule has 108 valence electrons. The second kappa shape index (κ2) is 7.13. The average Bonchev–Trinajstić information content (AvgIpc) is 2.40. The summed E-state index contributed by atoms with van der Waals surface area (Å²) in [7, 11) is 1.40. The summed E-state index contributed by atoms with van der Waals surface area (Å²) in [6.45, 7) is 2.02. The molecule has 7 nitrogen and oxygen atoms in total. The fraction of sp³-hybridized carbons (Fsp3) is 0.308. The first-order chi connectivity index (χ1) is 9.49. The van der Waals surface area contributed by atoms with Gasteiger partial charge < -0.3 is 15.2 Å². The molecular formula is C13H16N2O5. The fourth-order valence-electron chi connectivity index (χ4n) is 1.54. The number of nitrogens with two attached hydrogens (primary N) is 1. The number of nitrogen functional groups attached to an aromatic ring is 1. The highest BCUT2D eigenvalue weighted by molar-refractivity contribution is 5.77. The van der Waals surface area contributed by atoms with Gasteiger partial charge in [0.1, 0.15) is 11.4 Å². The van der Waals surface area contributed by atoms with Crippen LogP contribution in [0, 0.1) is 10.1 Å². The molecular weight excluding hydrogens is 264 g/mol. The molecule has 0 aliphatic carbocycles. The third kappa shape index (κ3) is 3.98. The molecule has 1 aromatic rings. The highest BCUT2D eigenvalue weighted by Gasteiger charge is 2.16. The Balaban J connectivity index is 2.99. The Morgan fingerprint density at radius 1 is 1.50 bits per heavy atom. The molecule has 1 rings (SSSR count). The molecule has 1 aromatic carbocycles. The molecule has 2 N–H and O–H groups in total. The van der Waals surface area contributed by atoms with Gasteiger partial charge in [-0.15, -0.1) is 0 Å². The molecule has 0 fully saturated rings. The van der Waals surface area contributed by atoms with Crippen molar-refractivity contribution in [3.63, 3.8) is 0 Å². The van der Waals surface area contributed by atoms with Crippen molar-refractivity contribution in [1.82, 2.24) is 0 Å². The van der Waals surface area contributed by atoms with Crippen molar-refractivity contribution in [2.75, 3.05) is 19.5 Å². The smallest absolute Gasteiger partial charge is 0.309 e. The summed E-state index contributed by atoms with van der Waals surface area (Å²) < 4.78 is 9.74. The summed E-state index contributed by atoms with van der Waals surface area (Å²) in [4.78, 5) is 21.5. The molecule has 7 heteroatoms. The van der Waals surface area contributed by atoms with Crippen molar-refractivity contribution in [2.24, 2.45) is 0 Å². The van der Waals surface area contributed by atoms with Gasteiger partial charge in [-0.2, -0.15) is 0 Å². The molecule has 0 unspecified atom stereocenters. The lowest BCUT2D eigenvalue weighted by atomic mass is 10.1. The van der Waals surface area contributed by atoms with Gasteiger partial charge in [0.05, 0.1) is 31.1 Å². The van der Waals surface area contributed by atoms with Gasteiger partial charge in [0.2, 0.25) is 0 Å². The maximum atomic E-state index is 11.2. The van der Waals surface area contributed by atoms with E-state index in [1.807, 2.05) is 0 Å². The minimum Gasteiger partial charge on any atom is -0.496 e. The van der Waals surface area contributed by atoms with E-state index in [1.54, 1.807) is 13.0 Å². The molecule has 0 bridgehead atoms. The summed E-state index contributed by atoms with van der Waals surface area (Å²) in [5, 5.41) is 10.9. The zero-order valence-corrected chi connectivity index (χ0v) is 11.3. The fourth-order valence-corrected chi connectivity index (χ4v) is 1.54. The quantitative estimate of drug-likeness (QED) is 0.370. The van der Waals surface area contributed by atoms with Crippen LogP contribution in [-0.4, -0.2) is 24.6 Å². The number of anilines is 1. The third-order valence-electron chi connectivity index (χ3n) is 2.48. The lowest BCUT2D eigenvalue weighted by Crippen LogP contribution is -2.02. The summed E-state index contributed by atoms with van der Waals surface area (Å²) in [5.41, 5.74) is 5.92. The van der Waals surface area contributed by atoms with E-state index in [0.29, 0.717) is 17.9 Å². The van der Waals surface area contributed by atoms with Gasteiger partial charge >= 0.3 is 5.97 Å². The van der Waals surface area contributed by atoms with Gasteiger partial charge in [-0.3, -0.25) is 14.9 Å². The van der Waals surface area contributed by atoms with E-state index in [9.17, 15) is 14.9 Å². The second-order valence-electron chi connectivity index (χ2n) is 3.82. The van der Waals surface area contributed by atoms with Crippen LogP contribution in [-0.2, 0) is 9.53 Å². The van der Waals surface area contributed by atoms with E-state index in [0.717, 1.165) is 0 Å². The summed E-state index contributed by atoms with van der Waals surface area (Å²) in [6.07, 6.45) is 3.13. The number of rotatable bonds is 6. The van der Waals surface area contributed by atoms with Crippen molar-refractivity contribution in [3.05, 3.63) is 33.9 Å². The van der Waals surface area contributed by atoms with Gasteiger partial charge in [-0.05, 0) is 13.0 Å². The van der Waals surface area contributed by atoms with Gasteiger partial charge in [-0.25, -0.2) is 0 Å². The van der Waals surface area contributed by atoms with Crippen molar-refractivity contribution in [2.45, 2.75) is 13.3 Å². The van der Waals surface area contributed by atoms with Crippen LogP contribution in [0.4, 0.5) is 11.4 Å². The normalized spacial score (nSPS) is 10.5. The van der Waals surface area contributed by atoms with Crippen LogP contribution >= 0.6 is 0 Å². The van der Waals surface area contributed by atoms with Gasteiger partial charge in [0.25, 0.3) is 5.69 Å². The van der Waals surface area contributed by atoms with Gasteiger partial charge in [0.15, 0.2) is 0 Å². The second-order valence-corrected chi connectivity index (χ2v) is 3.82. The number of esters is 1. The van der Waals surface area contributed by atoms with E-state index in [4.69, 9.17) is 15.2 Å². The zero-order valence-electron chi connectivity index (χ0n) is 11.3. The Bertz CT molecular complexity index is 540. The topological polar surface area (TPSA) is 105 Å². The first-order valence-electron chi connectivity index (χ1n) is 5.93. The minimum atomic E-state index is -0.583. The number of nitro benzene ring substituents is 1. The monoisotopic (exact) mass is 280 g/mol. The predicted molar refractivity (Wildman–Crippen MR) is 74.3 cm³/mol. The molecule has 0 amide bonds. The molecule has 0 radical (unpaired) electrons. The maximum absolute atomic E-state index is 11.2. The number of methoxy groups -OCH3 is 1. The number of hydrogen-bond acceptors (Lipinski definition) is 6. The van der Waals surface area contributed by atoms with Crippen LogP contribution in [0.1, 0.15) is 18.9 Å². The highest BCUT2D eigenvalue weighted by Crippen LogP contribution is 2.31. The van der Waals surface area contributed by atoms with Crippen LogP contribution < -0.4 is 10.5 Å². The molecule has 20 heavy (non-hydrogen) atoms. The van der Waals surface area contributed by atoms with Crippen LogP contribution in [0.2, 0.25) is 0 Å². The Hall–Kier alpha value is -2.57. The zero-order chi connectivity index (χ0) is 15.1. The van der Waals surface area contributed by atoms with E-state index >= 15 is 0 Å². The van der Waals surface area contributed by atoms with E-state index in [2.05, 4.69) is 0 Å². The number of carbonyl (C=O) groups is 1. The van der Waals surface area contributed by atoms with Crippen molar-refractivity contribution in [3.8, 4) is 5.75 Å². The van der Waals surface area contributed by atoms with Crippen molar-refractivity contribution < 1.29 is 19.2 Å². The molecule has 0 saturated heterocycles. The highest BCUT2D eigenvalue weighted by atomic mass is 16.6. The number of carbonyl (C=O) groups excluding carboxylic acids is 1. The van der Waals surface area contributed by atoms with E-state index in [1.165, 1.54) is 25.3 Å². The molecule has 0 atom stereocenters. The summed E-state index contributed by atoms with van der Waals surface area (Å²) in [5.74, 6) is -0.0543. The van der Waals surface area contributed by atoms with Crippen LogP contribution in [0.3, 0.4) is 0 Å². The van der Waals surface area contributed by atoms with Gasteiger partial charge in [-0.1, -0.05) is 12.2 Å². The Morgan fingerprint density at radius 2 is 2.20 bits per heavy atom. The Kier molecular flexibility index (Phi) is 5.52. The maximum Gasteiger partial charge on any atom is 0.309 e. The average molecular weight is 280 g/mol. The lowest BCUT2D eigenvalue weighted by Gasteiger charge is -2.06. The van der Waals surface area contributed by atoms with E-state index < -0.39 is 4.92 Å². The van der Waals surface area contributed by atoms with Crippen molar-refractivity contribution in [1.29, 1.82) is 0 Å². The third-order valence-corrected chi connectivity index (χ3v) is 2.48. The Morgan fingerprint density at radius 3 is 2.75 bits per heavy atom. The molecule has 0 heterocycles. The largest absolute Gasteiger partial charge is 0.496 e. The lowest BCUT2D eigenvalue weighted by molar-refractivity contribution is -0.384. The first kappa shape index (κ1) is 15.5. The van der Waals surface area contributed by atoms with Gasteiger partial charge in [0, 0.05) is 5.56 Å². The molecule has 0 spiro atoms. The predicted octanol–water partition coefficient (Wildman–Crippen LogP) is 2.15. The van der Waals surface area contributed by atoms with Crippen LogP contribution in [0.25, 0.3) is 6.08 Å². The minimum absolute atomic E-state index is 0.0240. The molecule has 0 saturated carbocycles. The van der Waals surface area contributed by atoms with E-state index in [-0.39, 0.29) is 23.8 Å². The molecule has 0 aliphatic heterocycles. The number of nitrogens with zero attached hydrogens (tertiary/aromatic N) is 1. The number of nitro groups is 1. The number of hydrogen-bond donors (Lipinski definition) is 1. The summed E-state index contributed by atoms with van der Waals surface area (Å²) in [6, 6.07) is 2.81. The number of benzene rings is 1. The molecule has 0 aliphatic rings. The number of ether oxygens (including phenoxy) is 2. The van der Waals surface area contributed by atoms with Crippen LogP contribution in [0.5, 0.6) is 5.75 Å². The van der Waals surface area contributed by atoms with Crippen molar-refractivity contribution >= 4 is 23.4 Å².